The van der Waals surface area contributed by atoms with Crippen LogP contribution in [0.1, 0.15) is 32.4 Å². The molecule has 2 amide bonds. The van der Waals surface area contributed by atoms with Gasteiger partial charge in [0.15, 0.2) is 0 Å². The molecule has 1 heterocycles. The van der Waals surface area contributed by atoms with Crippen molar-refractivity contribution in [3.8, 4) is 0 Å². The van der Waals surface area contributed by atoms with E-state index >= 15 is 0 Å². The molecule has 6 heteroatoms. The Kier molecular flexibility index (Phi) is 6.57. The molecule has 3 aromatic rings. The zero-order valence-corrected chi connectivity index (χ0v) is 16.7. The van der Waals surface area contributed by atoms with E-state index < -0.39 is 0 Å². The number of nitrogens with one attached hydrogen (secondary N) is 3. The Morgan fingerprint density at radius 3 is 2.50 bits per heavy atom. The standard InChI is InChI=1S/C22H23N3O2S/c1-15-8-10-16(11-9-15)21(19-7-4-12-28-19)24-14-20(26)25-18-6-3-5-17(13-18)22(27)23-2/h3-13,21,24H,14H2,1-2H3,(H,23,27)(H,25,26)/t21-/m1/s1. The van der Waals surface area contributed by atoms with Gasteiger partial charge in [-0.1, -0.05) is 42.0 Å². The quantitative estimate of drug-likeness (QED) is 0.573. The number of aryl methyl sites for hydroxylation is 1. The average Bonchev–Trinajstić information content (AvgIpc) is 3.23. The zero-order valence-electron chi connectivity index (χ0n) is 15.9. The maximum Gasteiger partial charge on any atom is 0.251 e. The highest BCUT2D eigenvalue weighted by Crippen LogP contribution is 2.26. The summed E-state index contributed by atoms with van der Waals surface area (Å²) in [6.07, 6.45) is 0. The van der Waals surface area contributed by atoms with Crippen molar-refractivity contribution in [2.45, 2.75) is 13.0 Å². The highest BCUT2D eigenvalue weighted by Gasteiger charge is 2.16. The number of rotatable bonds is 7. The van der Waals surface area contributed by atoms with Crippen LogP contribution in [0.5, 0.6) is 0 Å². The molecule has 2 aromatic carbocycles. The van der Waals surface area contributed by atoms with Crippen molar-refractivity contribution in [1.82, 2.24) is 10.6 Å². The molecular formula is C22H23N3O2S. The summed E-state index contributed by atoms with van der Waals surface area (Å²) in [6, 6.07) is 19.2. The first-order chi connectivity index (χ1) is 13.6. The molecule has 0 aliphatic heterocycles. The van der Waals surface area contributed by atoms with E-state index in [9.17, 15) is 9.59 Å². The molecule has 0 unspecified atom stereocenters. The summed E-state index contributed by atoms with van der Waals surface area (Å²) in [5, 5.41) is 10.8. The predicted molar refractivity (Wildman–Crippen MR) is 114 cm³/mol. The van der Waals surface area contributed by atoms with Crippen LogP contribution < -0.4 is 16.0 Å². The Labute approximate surface area is 168 Å². The van der Waals surface area contributed by atoms with Crippen LogP contribution in [0.25, 0.3) is 0 Å². The molecule has 0 aliphatic rings. The molecule has 1 aromatic heterocycles. The van der Waals surface area contributed by atoms with Crippen LogP contribution in [-0.4, -0.2) is 25.4 Å². The Balaban J connectivity index is 1.67. The van der Waals surface area contributed by atoms with Crippen molar-refractivity contribution >= 4 is 28.8 Å². The van der Waals surface area contributed by atoms with Gasteiger partial charge in [0.2, 0.25) is 5.91 Å². The summed E-state index contributed by atoms with van der Waals surface area (Å²) in [5.74, 6) is -0.353. The minimum Gasteiger partial charge on any atom is -0.355 e. The second-order valence-corrected chi connectivity index (χ2v) is 7.43. The number of amides is 2. The highest BCUT2D eigenvalue weighted by atomic mass is 32.1. The number of carbonyl (C=O) groups excluding carboxylic acids is 2. The fraction of sp³-hybridized carbons (Fsp3) is 0.182. The lowest BCUT2D eigenvalue weighted by Gasteiger charge is -2.18. The van der Waals surface area contributed by atoms with Crippen molar-refractivity contribution < 1.29 is 9.59 Å². The molecule has 5 nitrogen and oxygen atoms in total. The molecule has 0 spiro atoms. The number of hydrogen-bond donors (Lipinski definition) is 3. The van der Waals surface area contributed by atoms with Gasteiger partial charge in [-0.05, 0) is 42.1 Å². The highest BCUT2D eigenvalue weighted by molar-refractivity contribution is 7.10. The molecule has 1 atom stereocenters. The van der Waals surface area contributed by atoms with E-state index in [1.54, 1.807) is 42.6 Å². The van der Waals surface area contributed by atoms with E-state index in [1.165, 1.54) is 5.56 Å². The maximum atomic E-state index is 12.5. The number of benzene rings is 2. The number of hydrogen-bond acceptors (Lipinski definition) is 4. The van der Waals surface area contributed by atoms with Gasteiger partial charge in [0.05, 0.1) is 12.6 Å². The Morgan fingerprint density at radius 2 is 1.82 bits per heavy atom. The zero-order chi connectivity index (χ0) is 19.9. The molecule has 0 radical (unpaired) electrons. The van der Waals surface area contributed by atoms with E-state index in [-0.39, 0.29) is 24.4 Å². The van der Waals surface area contributed by atoms with Gasteiger partial charge in [-0.3, -0.25) is 14.9 Å². The molecule has 3 rings (SSSR count). The van der Waals surface area contributed by atoms with Crippen LogP contribution in [0.3, 0.4) is 0 Å². The third kappa shape index (κ3) is 5.06. The van der Waals surface area contributed by atoms with Crippen LogP contribution in [0.4, 0.5) is 5.69 Å². The van der Waals surface area contributed by atoms with Gasteiger partial charge in [-0.2, -0.15) is 0 Å². The van der Waals surface area contributed by atoms with Gasteiger partial charge in [-0.25, -0.2) is 0 Å². The van der Waals surface area contributed by atoms with Crippen LogP contribution in [0.2, 0.25) is 0 Å². The minimum absolute atomic E-state index is 0.0523. The lowest BCUT2D eigenvalue weighted by molar-refractivity contribution is -0.115. The van der Waals surface area contributed by atoms with Gasteiger partial charge >= 0.3 is 0 Å². The monoisotopic (exact) mass is 393 g/mol. The van der Waals surface area contributed by atoms with Crippen molar-refractivity contribution in [2.75, 3.05) is 18.9 Å². The second kappa shape index (κ2) is 9.30. The van der Waals surface area contributed by atoms with Gasteiger partial charge < -0.3 is 10.6 Å². The number of carbonyl (C=O) groups is 2. The molecule has 144 valence electrons. The molecule has 0 bridgehead atoms. The third-order valence-corrected chi connectivity index (χ3v) is 5.28. The van der Waals surface area contributed by atoms with Crippen LogP contribution in [-0.2, 0) is 4.79 Å². The summed E-state index contributed by atoms with van der Waals surface area (Å²) < 4.78 is 0. The fourth-order valence-corrected chi connectivity index (χ4v) is 3.71. The van der Waals surface area contributed by atoms with Gasteiger partial charge in [0, 0.05) is 23.2 Å². The van der Waals surface area contributed by atoms with Crippen LogP contribution in [0, 0.1) is 6.92 Å². The Bertz CT molecular complexity index is 937. The lowest BCUT2D eigenvalue weighted by atomic mass is 10.0. The largest absolute Gasteiger partial charge is 0.355 e. The first-order valence-corrected chi connectivity index (χ1v) is 9.90. The van der Waals surface area contributed by atoms with Crippen LogP contribution >= 0.6 is 11.3 Å². The summed E-state index contributed by atoms with van der Waals surface area (Å²) in [5.41, 5.74) is 3.41. The van der Waals surface area contributed by atoms with Crippen molar-refractivity contribution in [2.24, 2.45) is 0 Å². The molecule has 0 aliphatic carbocycles. The first-order valence-electron chi connectivity index (χ1n) is 9.02. The first kappa shape index (κ1) is 19.8. The second-order valence-electron chi connectivity index (χ2n) is 6.45. The summed E-state index contributed by atoms with van der Waals surface area (Å²) in [4.78, 5) is 25.3. The van der Waals surface area contributed by atoms with E-state index in [4.69, 9.17) is 0 Å². The average molecular weight is 394 g/mol. The summed E-state index contributed by atoms with van der Waals surface area (Å²) in [6.45, 7) is 2.21. The number of thiophene rings is 1. The fourth-order valence-electron chi connectivity index (χ4n) is 2.88. The maximum absolute atomic E-state index is 12.5. The molecule has 0 saturated heterocycles. The van der Waals surface area contributed by atoms with E-state index in [1.807, 2.05) is 11.4 Å². The van der Waals surface area contributed by atoms with Crippen molar-refractivity contribution in [3.05, 3.63) is 87.6 Å². The van der Waals surface area contributed by atoms with Gasteiger partial charge in [0.1, 0.15) is 0 Å². The predicted octanol–water partition coefficient (Wildman–Crippen LogP) is 3.73. The molecule has 28 heavy (non-hydrogen) atoms. The Morgan fingerprint density at radius 1 is 1.04 bits per heavy atom. The van der Waals surface area contributed by atoms with E-state index in [0.717, 1.165) is 10.4 Å². The number of anilines is 1. The van der Waals surface area contributed by atoms with E-state index in [0.29, 0.717) is 11.3 Å². The van der Waals surface area contributed by atoms with Crippen LogP contribution in [0.15, 0.2) is 66.0 Å². The third-order valence-electron chi connectivity index (χ3n) is 4.34. The molecular weight excluding hydrogens is 370 g/mol. The molecule has 0 fully saturated rings. The summed E-state index contributed by atoms with van der Waals surface area (Å²) >= 11 is 1.65. The molecule has 3 N–H and O–H groups in total. The smallest absolute Gasteiger partial charge is 0.251 e. The van der Waals surface area contributed by atoms with Gasteiger partial charge in [0.25, 0.3) is 5.91 Å². The van der Waals surface area contributed by atoms with Gasteiger partial charge in [-0.15, -0.1) is 11.3 Å². The van der Waals surface area contributed by atoms with E-state index in [2.05, 4.69) is 53.2 Å². The van der Waals surface area contributed by atoms with Crippen molar-refractivity contribution in [3.63, 3.8) is 0 Å². The molecule has 0 saturated carbocycles. The lowest BCUT2D eigenvalue weighted by Crippen LogP contribution is -2.31. The van der Waals surface area contributed by atoms with Crippen molar-refractivity contribution in [1.29, 1.82) is 0 Å². The Hall–Kier alpha value is -2.96. The topological polar surface area (TPSA) is 70.2 Å². The summed E-state index contributed by atoms with van der Waals surface area (Å²) in [7, 11) is 1.58. The normalized spacial score (nSPS) is 11.6. The minimum atomic E-state index is -0.189. The SMILES string of the molecule is CNC(=O)c1cccc(NC(=O)CN[C@H](c2ccc(C)cc2)c2cccs2)c1.